The number of imide groups is 1. The summed E-state index contributed by atoms with van der Waals surface area (Å²) in [6.45, 7) is 3.92. The lowest BCUT2D eigenvalue weighted by molar-refractivity contribution is -0.148. The van der Waals surface area contributed by atoms with E-state index in [4.69, 9.17) is 4.74 Å². The highest BCUT2D eigenvalue weighted by Crippen LogP contribution is 2.26. The van der Waals surface area contributed by atoms with Crippen molar-refractivity contribution in [2.45, 2.75) is 39.2 Å². The number of nitrogens with zero attached hydrogens (tertiary/aromatic N) is 1. The van der Waals surface area contributed by atoms with Crippen molar-refractivity contribution in [3.8, 4) is 0 Å². The first kappa shape index (κ1) is 15.2. The molecular formula is C16H19NO4. The van der Waals surface area contributed by atoms with Crippen molar-refractivity contribution in [2.24, 2.45) is 0 Å². The van der Waals surface area contributed by atoms with Crippen LogP contribution in [0.15, 0.2) is 24.3 Å². The molecule has 0 saturated heterocycles. The lowest BCUT2D eigenvalue weighted by Gasteiger charge is -2.24. The summed E-state index contributed by atoms with van der Waals surface area (Å²) in [5.74, 6) is -1.34. The van der Waals surface area contributed by atoms with Crippen LogP contribution in [0.3, 0.4) is 0 Å². The SMILES string of the molecule is CCCC[C@@H](C(=O)OCC)N1C(=O)c2ccccc2C1=O. The van der Waals surface area contributed by atoms with Crippen LogP contribution < -0.4 is 0 Å². The maximum atomic E-state index is 12.4. The number of fused-ring (bicyclic) bond motifs is 1. The molecule has 0 saturated carbocycles. The standard InChI is InChI=1S/C16H19NO4/c1-3-5-10-13(16(20)21-4-2)17-14(18)11-8-6-7-9-12(11)15(17)19/h6-9,13H,3-5,10H2,1-2H3/t13-/m0/s1. The lowest BCUT2D eigenvalue weighted by atomic mass is 10.1. The minimum absolute atomic E-state index is 0.227. The highest BCUT2D eigenvalue weighted by Gasteiger charge is 2.42. The van der Waals surface area contributed by atoms with Crippen LogP contribution in [0, 0.1) is 0 Å². The van der Waals surface area contributed by atoms with Crippen LogP contribution in [0.25, 0.3) is 0 Å². The van der Waals surface area contributed by atoms with Crippen molar-refractivity contribution in [2.75, 3.05) is 6.61 Å². The fourth-order valence-corrected chi connectivity index (χ4v) is 2.48. The molecule has 2 rings (SSSR count). The Kier molecular flexibility index (Phi) is 4.73. The van der Waals surface area contributed by atoms with E-state index < -0.39 is 23.8 Å². The van der Waals surface area contributed by atoms with Crippen LogP contribution in [0.1, 0.15) is 53.8 Å². The van der Waals surface area contributed by atoms with Gasteiger partial charge in [0.05, 0.1) is 17.7 Å². The van der Waals surface area contributed by atoms with Crippen LogP contribution in [0.5, 0.6) is 0 Å². The second kappa shape index (κ2) is 6.52. The molecule has 1 aromatic rings. The van der Waals surface area contributed by atoms with E-state index in [-0.39, 0.29) is 6.61 Å². The van der Waals surface area contributed by atoms with Crippen LogP contribution in [-0.4, -0.2) is 35.3 Å². The van der Waals surface area contributed by atoms with Crippen molar-refractivity contribution in [3.05, 3.63) is 35.4 Å². The lowest BCUT2D eigenvalue weighted by Crippen LogP contribution is -2.45. The molecule has 1 aliphatic rings. The van der Waals surface area contributed by atoms with Gasteiger partial charge in [-0.05, 0) is 25.5 Å². The Hall–Kier alpha value is -2.17. The third-order valence-corrected chi connectivity index (χ3v) is 3.53. The van der Waals surface area contributed by atoms with Gasteiger partial charge in [0.15, 0.2) is 0 Å². The second-order valence-corrected chi connectivity index (χ2v) is 4.94. The van der Waals surface area contributed by atoms with Gasteiger partial charge in [0, 0.05) is 0 Å². The van der Waals surface area contributed by atoms with Gasteiger partial charge in [-0.2, -0.15) is 0 Å². The maximum Gasteiger partial charge on any atom is 0.329 e. The van der Waals surface area contributed by atoms with Crippen molar-refractivity contribution in [1.82, 2.24) is 4.90 Å². The average molecular weight is 289 g/mol. The molecule has 0 N–H and O–H groups in total. The summed E-state index contributed by atoms with van der Waals surface area (Å²) >= 11 is 0. The molecule has 5 heteroatoms. The van der Waals surface area contributed by atoms with Crippen LogP contribution in [-0.2, 0) is 9.53 Å². The number of amides is 2. The first-order valence-corrected chi connectivity index (χ1v) is 7.25. The van der Waals surface area contributed by atoms with Crippen LogP contribution in [0.4, 0.5) is 0 Å². The van der Waals surface area contributed by atoms with E-state index >= 15 is 0 Å². The van der Waals surface area contributed by atoms with Gasteiger partial charge in [-0.1, -0.05) is 31.9 Å². The van der Waals surface area contributed by atoms with Gasteiger partial charge in [-0.15, -0.1) is 0 Å². The number of carbonyl (C=O) groups is 3. The van der Waals surface area contributed by atoms with Crippen molar-refractivity contribution in [1.29, 1.82) is 0 Å². The van der Waals surface area contributed by atoms with Crippen molar-refractivity contribution >= 4 is 17.8 Å². The van der Waals surface area contributed by atoms with Gasteiger partial charge >= 0.3 is 5.97 Å². The molecular weight excluding hydrogens is 270 g/mol. The number of benzene rings is 1. The third kappa shape index (κ3) is 2.82. The number of carbonyl (C=O) groups excluding carboxylic acids is 3. The third-order valence-electron chi connectivity index (χ3n) is 3.53. The summed E-state index contributed by atoms with van der Waals surface area (Å²) in [7, 11) is 0. The molecule has 0 aliphatic carbocycles. The number of ether oxygens (including phenoxy) is 1. The molecule has 112 valence electrons. The highest BCUT2D eigenvalue weighted by atomic mass is 16.5. The Morgan fingerprint density at radius 2 is 1.71 bits per heavy atom. The molecule has 0 aromatic heterocycles. The predicted molar refractivity (Wildman–Crippen MR) is 76.9 cm³/mol. The molecule has 0 unspecified atom stereocenters. The first-order chi connectivity index (χ1) is 10.1. The smallest absolute Gasteiger partial charge is 0.329 e. The van der Waals surface area contributed by atoms with Gasteiger partial charge in [0.1, 0.15) is 6.04 Å². The molecule has 0 spiro atoms. The number of unbranched alkanes of at least 4 members (excludes halogenated alkanes) is 1. The molecule has 5 nitrogen and oxygen atoms in total. The number of esters is 1. The zero-order valence-electron chi connectivity index (χ0n) is 12.3. The molecule has 0 radical (unpaired) electrons. The molecule has 21 heavy (non-hydrogen) atoms. The normalized spacial score (nSPS) is 15.0. The summed E-state index contributed by atoms with van der Waals surface area (Å²) in [5, 5.41) is 0. The minimum Gasteiger partial charge on any atom is -0.464 e. The van der Waals surface area contributed by atoms with E-state index in [9.17, 15) is 14.4 Å². The van der Waals surface area contributed by atoms with Gasteiger partial charge in [0.2, 0.25) is 0 Å². The second-order valence-electron chi connectivity index (χ2n) is 4.94. The maximum absolute atomic E-state index is 12.4. The van der Waals surface area contributed by atoms with Crippen LogP contribution >= 0.6 is 0 Å². The quantitative estimate of drug-likeness (QED) is 0.596. The predicted octanol–water partition coefficient (Wildman–Crippen LogP) is 2.40. The van der Waals surface area contributed by atoms with E-state index in [0.717, 1.165) is 17.7 Å². The summed E-state index contributed by atoms with van der Waals surface area (Å²) < 4.78 is 5.02. The van der Waals surface area contributed by atoms with E-state index in [1.54, 1.807) is 31.2 Å². The Bertz CT molecular complexity index is 532. The molecule has 2 amide bonds. The Labute approximate surface area is 123 Å². The Balaban J connectivity index is 2.31. The topological polar surface area (TPSA) is 63.7 Å². The van der Waals surface area contributed by atoms with Gasteiger partial charge in [0.25, 0.3) is 11.8 Å². The molecule has 1 aliphatic heterocycles. The molecule has 1 aromatic carbocycles. The first-order valence-electron chi connectivity index (χ1n) is 7.25. The van der Waals surface area contributed by atoms with Crippen molar-refractivity contribution < 1.29 is 19.1 Å². The Morgan fingerprint density at radius 3 is 2.19 bits per heavy atom. The molecule has 1 heterocycles. The highest BCUT2D eigenvalue weighted by molar-refractivity contribution is 6.22. The summed E-state index contributed by atoms with van der Waals surface area (Å²) in [6.07, 6.45) is 2.05. The van der Waals surface area contributed by atoms with E-state index in [1.165, 1.54) is 0 Å². The van der Waals surface area contributed by atoms with Gasteiger partial charge < -0.3 is 4.74 Å². The average Bonchev–Trinajstić information content (AvgIpc) is 2.73. The van der Waals surface area contributed by atoms with E-state index in [2.05, 4.69) is 0 Å². The zero-order valence-corrected chi connectivity index (χ0v) is 12.3. The fourth-order valence-electron chi connectivity index (χ4n) is 2.48. The monoisotopic (exact) mass is 289 g/mol. The van der Waals surface area contributed by atoms with Crippen LogP contribution in [0.2, 0.25) is 0 Å². The van der Waals surface area contributed by atoms with Gasteiger partial charge in [-0.3, -0.25) is 14.5 Å². The summed E-state index contributed by atoms with van der Waals surface area (Å²) in [6, 6.07) is 5.80. The number of rotatable bonds is 6. The zero-order chi connectivity index (χ0) is 15.4. The summed E-state index contributed by atoms with van der Waals surface area (Å²) in [4.78, 5) is 38.0. The Morgan fingerprint density at radius 1 is 1.14 bits per heavy atom. The summed E-state index contributed by atoms with van der Waals surface area (Å²) in [5.41, 5.74) is 0.710. The van der Waals surface area contributed by atoms with E-state index in [1.807, 2.05) is 6.92 Å². The minimum atomic E-state index is -0.836. The number of hydrogen-bond acceptors (Lipinski definition) is 4. The fraction of sp³-hybridized carbons (Fsp3) is 0.438. The molecule has 1 atom stereocenters. The van der Waals surface area contributed by atoms with E-state index in [0.29, 0.717) is 17.5 Å². The molecule has 0 bridgehead atoms. The van der Waals surface area contributed by atoms with Gasteiger partial charge in [-0.25, -0.2) is 4.79 Å². The largest absolute Gasteiger partial charge is 0.464 e. The number of hydrogen-bond donors (Lipinski definition) is 0. The van der Waals surface area contributed by atoms with Crippen molar-refractivity contribution in [3.63, 3.8) is 0 Å². The molecule has 0 fully saturated rings.